The zero-order valence-corrected chi connectivity index (χ0v) is 14.4. The summed E-state index contributed by atoms with van der Waals surface area (Å²) in [6.07, 6.45) is 0. The van der Waals surface area contributed by atoms with Crippen molar-refractivity contribution in [3.63, 3.8) is 0 Å². The maximum Gasteiger partial charge on any atom is 0.341 e. The van der Waals surface area contributed by atoms with E-state index in [2.05, 4.69) is 10.6 Å². The van der Waals surface area contributed by atoms with Crippen LogP contribution in [0.1, 0.15) is 15.9 Å². The van der Waals surface area contributed by atoms with Crippen LogP contribution in [-0.2, 0) is 16.1 Å². The van der Waals surface area contributed by atoms with Crippen molar-refractivity contribution in [3.8, 4) is 0 Å². The fourth-order valence-electron chi connectivity index (χ4n) is 1.88. The Balaban J connectivity index is 1.78. The summed E-state index contributed by atoms with van der Waals surface area (Å²) in [4.78, 5) is 35.2. The largest absolute Gasteiger partial charge is 0.452 e. The van der Waals surface area contributed by atoms with E-state index in [1.807, 2.05) is 30.3 Å². The minimum Gasteiger partial charge on any atom is -0.452 e. The number of ether oxygens (including phenoxy) is 1. The molecule has 0 saturated carbocycles. The highest BCUT2D eigenvalue weighted by molar-refractivity contribution is 6.39. The molecule has 3 amide bonds. The number of imide groups is 1. The SMILES string of the molecule is O=C(COC(=O)c1c(Cl)cccc1Cl)NC(=O)NCc1ccccc1. The average molecular weight is 381 g/mol. The van der Waals surface area contributed by atoms with Crippen LogP contribution in [0.4, 0.5) is 4.79 Å². The molecule has 0 unspecified atom stereocenters. The molecule has 0 aromatic heterocycles. The Hall–Kier alpha value is -2.57. The van der Waals surface area contributed by atoms with Gasteiger partial charge in [-0.2, -0.15) is 0 Å². The minimum absolute atomic E-state index is 0.0350. The minimum atomic E-state index is -0.851. The Morgan fingerprint density at radius 1 is 0.920 bits per heavy atom. The van der Waals surface area contributed by atoms with Gasteiger partial charge < -0.3 is 10.1 Å². The first-order valence-electron chi connectivity index (χ1n) is 7.20. The lowest BCUT2D eigenvalue weighted by atomic mass is 10.2. The molecule has 8 heteroatoms. The van der Waals surface area contributed by atoms with Crippen LogP contribution in [0.25, 0.3) is 0 Å². The predicted molar refractivity (Wildman–Crippen MR) is 93.6 cm³/mol. The Labute approximate surface area is 154 Å². The average Bonchev–Trinajstić information content (AvgIpc) is 2.59. The lowest BCUT2D eigenvalue weighted by Crippen LogP contribution is -2.41. The molecule has 0 atom stereocenters. The summed E-state index contributed by atoms with van der Waals surface area (Å²) < 4.78 is 4.82. The summed E-state index contributed by atoms with van der Waals surface area (Å²) >= 11 is 11.7. The molecule has 0 radical (unpaired) electrons. The normalized spacial score (nSPS) is 10.0. The van der Waals surface area contributed by atoms with Crippen molar-refractivity contribution in [1.29, 1.82) is 0 Å². The number of halogens is 2. The van der Waals surface area contributed by atoms with Crippen molar-refractivity contribution in [2.75, 3.05) is 6.61 Å². The van der Waals surface area contributed by atoms with Crippen molar-refractivity contribution >= 4 is 41.1 Å². The fourth-order valence-corrected chi connectivity index (χ4v) is 2.43. The van der Waals surface area contributed by atoms with Crippen molar-refractivity contribution in [3.05, 3.63) is 69.7 Å². The molecule has 130 valence electrons. The van der Waals surface area contributed by atoms with E-state index in [0.717, 1.165) is 5.56 Å². The summed E-state index contributed by atoms with van der Waals surface area (Å²) in [7, 11) is 0. The van der Waals surface area contributed by atoms with E-state index in [1.165, 1.54) is 12.1 Å². The number of carbonyl (C=O) groups excluding carboxylic acids is 3. The van der Waals surface area contributed by atoms with Crippen LogP contribution >= 0.6 is 23.2 Å². The van der Waals surface area contributed by atoms with Crippen LogP contribution in [0.5, 0.6) is 0 Å². The van der Waals surface area contributed by atoms with Crippen LogP contribution in [0, 0.1) is 0 Å². The fraction of sp³-hybridized carbons (Fsp3) is 0.118. The lowest BCUT2D eigenvalue weighted by molar-refractivity contribution is -0.123. The maximum atomic E-state index is 11.9. The number of hydrogen-bond donors (Lipinski definition) is 2. The standard InChI is InChI=1S/C17H14Cl2N2O4/c18-12-7-4-8-13(19)15(12)16(23)25-10-14(22)21-17(24)20-9-11-5-2-1-3-6-11/h1-8H,9-10H2,(H2,20,21,22,24). The van der Waals surface area contributed by atoms with Crippen LogP contribution < -0.4 is 10.6 Å². The van der Waals surface area contributed by atoms with Crippen LogP contribution in [0.3, 0.4) is 0 Å². The molecule has 0 spiro atoms. The molecule has 25 heavy (non-hydrogen) atoms. The second kappa shape index (κ2) is 9.05. The Bertz CT molecular complexity index is 761. The van der Waals surface area contributed by atoms with E-state index in [0.29, 0.717) is 0 Å². The summed E-state index contributed by atoms with van der Waals surface area (Å²) in [6, 6.07) is 13.0. The molecule has 0 heterocycles. The molecule has 0 bridgehead atoms. The summed E-state index contributed by atoms with van der Waals surface area (Å²) in [5.74, 6) is -1.63. The second-order valence-electron chi connectivity index (χ2n) is 4.89. The molecule has 2 aromatic rings. The van der Waals surface area contributed by atoms with Gasteiger partial charge in [0.05, 0.1) is 15.6 Å². The zero-order chi connectivity index (χ0) is 18.2. The van der Waals surface area contributed by atoms with Crippen LogP contribution in [-0.4, -0.2) is 24.5 Å². The number of carbonyl (C=O) groups is 3. The van der Waals surface area contributed by atoms with Crippen LogP contribution in [0.2, 0.25) is 10.0 Å². The van der Waals surface area contributed by atoms with Crippen molar-refractivity contribution < 1.29 is 19.1 Å². The number of rotatable bonds is 5. The highest BCUT2D eigenvalue weighted by Gasteiger charge is 2.18. The first-order chi connectivity index (χ1) is 12.0. The molecule has 0 aliphatic heterocycles. The van der Waals surface area contributed by atoms with Crippen LogP contribution in [0.15, 0.2) is 48.5 Å². The van der Waals surface area contributed by atoms with Gasteiger partial charge in [-0.3, -0.25) is 10.1 Å². The monoisotopic (exact) mass is 380 g/mol. The number of amides is 3. The van der Waals surface area contributed by atoms with E-state index in [-0.39, 0.29) is 22.2 Å². The summed E-state index contributed by atoms with van der Waals surface area (Å²) in [5, 5.41) is 4.79. The molecule has 0 fully saturated rings. The highest BCUT2D eigenvalue weighted by atomic mass is 35.5. The predicted octanol–water partition coefficient (Wildman–Crippen LogP) is 3.18. The van der Waals surface area contributed by atoms with Crippen molar-refractivity contribution in [2.24, 2.45) is 0 Å². The number of hydrogen-bond acceptors (Lipinski definition) is 4. The van der Waals surface area contributed by atoms with Gasteiger partial charge in [0.15, 0.2) is 6.61 Å². The lowest BCUT2D eigenvalue weighted by Gasteiger charge is -2.09. The Morgan fingerprint density at radius 3 is 2.20 bits per heavy atom. The molecular formula is C17H14Cl2N2O4. The highest BCUT2D eigenvalue weighted by Crippen LogP contribution is 2.24. The molecule has 6 nitrogen and oxygen atoms in total. The first-order valence-corrected chi connectivity index (χ1v) is 7.95. The zero-order valence-electron chi connectivity index (χ0n) is 12.9. The number of urea groups is 1. The van der Waals surface area contributed by atoms with Crippen molar-refractivity contribution in [1.82, 2.24) is 10.6 Å². The van der Waals surface area contributed by atoms with Gasteiger partial charge in [0, 0.05) is 6.54 Å². The molecule has 2 N–H and O–H groups in total. The van der Waals surface area contributed by atoms with Gasteiger partial charge >= 0.3 is 12.0 Å². The van der Waals surface area contributed by atoms with Gasteiger partial charge in [0.25, 0.3) is 5.91 Å². The third-order valence-electron chi connectivity index (χ3n) is 3.05. The maximum absolute atomic E-state index is 11.9. The molecule has 0 aliphatic carbocycles. The second-order valence-corrected chi connectivity index (χ2v) is 5.70. The molecule has 0 aliphatic rings. The number of benzene rings is 2. The van der Waals surface area contributed by atoms with E-state index in [1.54, 1.807) is 6.07 Å². The third kappa shape index (κ3) is 5.77. The smallest absolute Gasteiger partial charge is 0.341 e. The quantitative estimate of drug-likeness (QED) is 0.780. The number of esters is 1. The van der Waals surface area contributed by atoms with E-state index >= 15 is 0 Å². The topological polar surface area (TPSA) is 84.5 Å². The van der Waals surface area contributed by atoms with Gasteiger partial charge in [0.1, 0.15) is 0 Å². The van der Waals surface area contributed by atoms with Gasteiger partial charge in [-0.15, -0.1) is 0 Å². The van der Waals surface area contributed by atoms with E-state index in [4.69, 9.17) is 27.9 Å². The molecule has 0 saturated heterocycles. The van der Waals surface area contributed by atoms with E-state index in [9.17, 15) is 14.4 Å². The van der Waals surface area contributed by atoms with Gasteiger partial charge in [-0.05, 0) is 17.7 Å². The first kappa shape index (κ1) is 18.8. The Kier molecular flexibility index (Phi) is 6.80. The Morgan fingerprint density at radius 2 is 1.56 bits per heavy atom. The van der Waals surface area contributed by atoms with E-state index < -0.39 is 24.5 Å². The summed E-state index contributed by atoms with van der Waals surface area (Å²) in [6.45, 7) is -0.381. The number of nitrogens with one attached hydrogen (secondary N) is 2. The van der Waals surface area contributed by atoms with Gasteiger partial charge in [-0.25, -0.2) is 9.59 Å². The molecule has 2 rings (SSSR count). The summed E-state index contributed by atoms with van der Waals surface area (Å²) in [5.41, 5.74) is 0.844. The van der Waals surface area contributed by atoms with Gasteiger partial charge in [-0.1, -0.05) is 59.6 Å². The molecular weight excluding hydrogens is 367 g/mol. The molecule has 2 aromatic carbocycles. The van der Waals surface area contributed by atoms with Gasteiger partial charge in [0.2, 0.25) is 0 Å². The third-order valence-corrected chi connectivity index (χ3v) is 3.68. The van der Waals surface area contributed by atoms with Crippen molar-refractivity contribution in [2.45, 2.75) is 6.54 Å².